The number of hydrogen-bond acceptors (Lipinski definition) is 5. The number of sulfone groups is 1. The van der Waals surface area contributed by atoms with Crippen molar-refractivity contribution >= 4 is 42.4 Å². The zero-order chi connectivity index (χ0) is 18.2. The van der Waals surface area contributed by atoms with Crippen LogP contribution in [0.2, 0.25) is 0 Å². The third kappa shape index (κ3) is 3.43. The standard InChI is InChI=1S/C18H18N2O3S2/c1-4-25(22,23)14-7-5-6-13(10-14)17(21)20-18-19-15-11(2)8-9-12(3)16(15)24-18/h5-10H,4H2,1-3H3,(H,19,20,21). The lowest BCUT2D eigenvalue weighted by Gasteiger charge is -2.05. The normalized spacial score (nSPS) is 11.6. The molecule has 0 fully saturated rings. The van der Waals surface area contributed by atoms with E-state index < -0.39 is 9.84 Å². The zero-order valence-electron chi connectivity index (χ0n) is 14.2. The summed E-state index contributed by atoms with van der Waals surface area (Å²) in [5, 5.41) is 3.27. The number of fused-ring (bicyclic) bond motifs is 1. The van der Waals surface area contributed by atoms with Crippen molar-refractivity contribution in [1.29, 1.82) is 0 Å². The summed E-state index contributed by atoms with van der Waals surface area (Å²) in [7, 11) is -3.35. The van der Waals surface area contributed by atoms with Crippen LogP contribution in [0, 0.1) is 13.8 Å². The largest absolute Gasteiger partial charge is 0.298 e. The highest BCUT2D eigenvalue weighted by molar-refractivity contribution is 7.91. The lowest BCUT2D eigenvalue weighted by atomic mass is 10.1. The Labute approximate surface area is 150 Å². The van der Waals surface area contributed by atoms with Crippen LogP contribution in [0.15, 0.2) is 41.3 Å². The highest BCUT2D eigenvalue weighted by atomic mass is 32.2. The maximum Gasteiger partial charge on any atom is 0.257 e. The Hall–Kier alpha value is -2.25. The molecule has 1 aromatic heterocycles. The number of rotatable bonds is 4. The van der Waals surface area contributed by atoms with Gasteiger partial charge >= 0.3 is 0 Å². The molecule has 0 atom stereocenters. The molecule has 0 unspecified atom stereocenters. The molecule has 0 spiro atoms. The van der Waals surface area contributed by atoms with Gasteiger partial charge in [0.1, 0.15) is 0 Å². The van der Waals surface area contributed by atoms with Gasteiger partial charge < -0.3 is 0 Å². The maximum atomic E-state index is 12.5. The monoisotopic (exact) mass is 374 g/mol. The third-order valence-corrected chi connectivity index (χ3v) is 6.84. The van der Waals surface area contributed by atoms with Gasteiger partial charge in [-0.25, -0.2) is 13.4 Å². The number of benzene rings is 2. The predicted octanol–water partition coefficient (Wildman–Crippen LogP) is 3.96. The molecule has 0 saturated carbocycles. The number of aryl methyl sites for hydroxylation is 2. The van der Waals surface area contributed by atoms with Crippen LogP contribution in [0.3, 0.4) is 0 Å². The molecule has 1 heterocycles. The van der Waals surface area contributed by atoms with Gasteiger partial charge in [0.05, 0.1) is 20.9 Å². The number of anilines is 1. The Balaban J connectivity index is 1.92. The first-order valence-electron chi connectivity index (χ1n) is 7.82. The molecule has 3 aromatic rings. The number of carbonyl (C=O) groups is 1. The van der Waals surface area contributed by atoms with Crippen molar-refractivity contribution in [2.75, 3.05) is 11.1 Å². The van der Waals surface area contributed by atoms with Gasteiger partial charge in [-0.2, -0.15) is 0 Å². The summed E-state index contributed by atoms with van der Waals surface area (Å²) in [5.74, 6) is -0.378. The Morgan fingerprint density at radius 1 is 1.16 bits per heavy atom. The molecule has 0 bridgehead atoms. The Morgan fingerprint density at radius 3 is 2.56 bits per heavy atom. The number of thiazole rings is 1. The minimum Gasteiger partial charge on any atom is -0.298 e. The fourth-order valence-electron chi connectivity index (χ4n) is 2.48. The van der Waals surface area contributed by atoms with E-state index in [0.29, 0.717) is 10.7 Å². The second kappa shape index (κ2) is 6.57. The molecule has 0 aliphatic rings. The van der Waals surface area contributed by atoms with Gasteiger partial charge in [-0.3, -0.25) is 10.1 Å². The second-order valence-corrected chi connectivity index (χ2v) is 9.06. The molecule has 0 aliphatic heterocycles. The van der Waals surface area contributed by atoms with Crippen LogP contribution in [0.25, 0.3) is 10.2 Å². The third-order valence-electron chi connectivity index (χ3n) is 4.00. The van der Waals surface area contributed by atoms with Crippen molar-refractivity contribution in [2.45, 2.75) is 25.7 Å². The van der Waals surface area contributed by atoms with Crippen LogP contribution in [0.4, 0.5) is 5.13 Å². The quantitative estimate of drug-likeness (QED) is 0.750. The first-order valence-corrected chi connectivity index (χ1v) is 10.3. The van der Waals surface area contributed by atoms with E-state index in [1.807, 2.05) is 26.0 Å². The van der Waals surface area contributed by atoms with Crippen molar-refractivity contribution in [3.63, 3.8) is 0 Å². The number of hydrogen-bond donors (Lipinski definition) is 1. The molecular weight excluding hydrogens is 356 g/mol. The number of nitrogens with one attached hydrogen (secondary N) is 1. The number of aromatic nitrogens is 1. The van der Waals surface area contributed by atoms with Crippen molar-refractivity contribution in [1.82, 2.24) is 4.98 Å². The fourth-order valence-corrected chi connectivity index (χ4v) is 4.41. The molecular formula is C18H18N2O3S2. The van der Waals surface area contributed by atoms with Crippen LogP contribution in [0.5, 0.6) is 0 Å². The summed E-state index contributed by atoms with van der Waals surface area (Å²) in [6.07, 6.45) is 0. The summed E-state index contributed by atoms with van der Waals surface area (Å²) in [5.41, 5.74) is 3.33. The van der Waals surface area contributed by atoms with Crippen LogP contribution in [0.1, 0.15) is 28.4 Å². The highest BCUT2D eigenvalue weighted by Crippen LogP contribution is 2.31. The minimum absolute atomic E-state index is 0.00546. The van der Waals surface area contributed by atoms with E-state index in [2.05, 4.69) is 10.3 Å². The summed E-state index contributed by atoms with van der Waals surface area (Å²) in [6, 6.07) is 10.1. The van der Waals surface area contributed by atoms with Gasteiger partial charge in [-0.1, -0.05) is 36.5 Å². The highest BCUT2D eigenvalue weighted by Gasteiger charge is 2.16. The van der Waals surface area contributed by atoms with E-state index in [1.54, 1.807) is 19.1 Å². The van der Waals surface area contributed by atoms with E-state index in [1.165, 1.54) is 23.5 Å². The molecule has 0 aliphatic carbocycles. The number of carbonyl (C=O) groups excluding carboxylic acids is 1. The molecule has 0 saturated heterocycles. The molecule has 2 aromatic carbocycles. The average Bonchev–Trinajstić information content (AvgIpc) is 3.03. The SMILES string of the molecule is CCS(=O)(=O)c1cccc(C(=O)Nc2nc3c(C)ccc(C)c3s2)c1. The molecule has 130 valence electrons. The topological polar surface area (TPSA) is 76.1 Å². The summed E-state index contributed by atoms with van der Waals surface area (Å²) in [4.78, 5) is 17.1. The number of amides is 1. The molecule has 1 N–H and O–H groups in total. The summed E-state index contributed by atoms with van der Waals surface area (Å²) >= 11 is 1.41. The molecule has 1 amide bonds. The van der Waals surface area contributed by atoms with E-state index in [-0.39, 0.29) is 16.6 Å². The van der Waals surface area contributed by atoms with Crippen molar-refractivity contribution < 1.29 is 13.2 Å². The summed E-state index contributed by atoms with van der Waals surface area (Å²) in [6.45, 7) is 5.56. The first kappa shape index (κ1) is 17.6. The second-order valence-electron chi connectivity index (χ2n) is 5.78. The lowest BCUT2D eigenvalue weighted by Crippen LogP contribution is -2.13. The van der Waals surface area contributed by atoms with Crippen LogP contribution in [-0.4, -0.2) is 25.1 Å². The van der Waals surface area contributed by atoms with Crippen LogP contribution in [-0.2, 0) is 9.84 Å². The van der Waals surface area contributed by atoms with Gasteiger partial charge in [0.25, 0.3) is 5.91 Å². The first-order chi connectivity index (χ1) is 11.8. The smallest absolute Gasteiger partial charge is 0.257 e. The average molecular weight is 374 g/mol. The Morgan fingerprint density at radius 2 is 1.88 bits per heavy atom. The van der Waals surface area contributed by atoms with Crippen LogP contribution >= 0.6 is 11.3 Å². The van der Waals surface area contributed by atoms with Gasteiger partial charge in [0.15, 0.2) is 15.0 Å². The fraction of sp³-hybridized carbons (Fsp3) is 0.222. The maximum absolute atomic E-state index is 12.5. The minimum atomic E-state index is -3.35. The molecule has 0 radical (unpaired) electrons. The Kier molecular flexibility index (Phi) is 4.62. The molecule has 3 rings (SSSR count). The molecule has 25 heavy (non-hydrogen) atoms. The van der Waals surface area contributed by atoms with E-state index in [4.69, 9.17) is 0 Å². The lowest BCUT2D eigenvalue weighted by molar-refractivity contribution is 0.102. The van der Waals surface area contributed by atoms with Gasteiger partial charge in [-0.05, 0) is 43.2 Å². The Bertz CT molecular complexity index is 1030. The van der Waals surface area contributed by atoms with E-state index in [0.717, 1.165) is 21.3 Å². The van der Waals surface area contributed by atoms with E-state index >= 15 is 0 Å². The summed E-state index contributed by atoms with van der Waals surface area (Å²) < 4.78 is 25.0. The van der Waals surface area contributed by atoms with Gasteiger partial charge in [0, 0.05) is 5.56 Å². The van der Waals surface area contributed by atoms with Crippen molar-refractivity contribution in [2.24, 2.45) is 0 Å². The van der Waals surface area contributed by atoms with Crippen LogP contribution < -0.4 is 5.32 Å². The van der Waals surface area contributed by atoms with Crippen molar-refractivity contribution in [3.8, 4) is 0 Å². The molecule has 5 nitrogen and oxygen atoms in total. The molecule has 7 heteroatoms. The van der Waals surface area contributed by atoms with E-state index in [9.17, 15) is 13.2 Å². The van der Waals surface area contributed by atoms with Gasteiger partial charge in [-0.15, -0.1) is 0 Å². The van der Waals surface area contributed by atoms with Crippen molar-refractivity contribution in [3.05, 3.63) is 53.1 Å². The zero-order valence-corrected chi connectivity index (χ0v) is 15.8. The number of nitrogens with zero attached hydrogens (tertiary/aromatic N) is 1. The predicted molar refractivity (Wildman–Crippen MR) is 101 cm³/mol. The van der Waals surface area contributed by atoms with Gasteiger partial charge in [0.2, 0.25) is 0 Å².